The Morgan fingerprint density at radius 3 is 2.17 bits per heavy atom. The van der Waals surface area contributed by atoms with Gasteiger partial charge in [-0.2, -0.15) is 0 Å². The second-order valence-corrected chi connectivity index (χ2v) is 11.5. The van der Waals surface area contributed by atoms with Crippen molar-refractivity contribution in [1.82, 2.24) is 9.80 Å². The predicted molar refractivity (Wildman–Crippen MR) is 140 cm³/mol. The number of piperidine rings is 2. The van der Waals surface area contributed by atoms with Crippen LogP contribution in [0.4, 0.5) is 4.39 Å². The second kappa shape index (κ2) is 11.0. The molecule has 0 bridgehead atoms. The third kappa shape index (κ3) is 6.45. The third-order valence-electron chi connectivity index (χ3n) is 7.54. The lowest BCUT2D eigenvalue weighted by Gasteiger charge is -2.43. The Morgan fingerprint density at radius 1 is 0.889 bits per heavy atom. The van der Waals surface area contributed by atoms with Gasteiger partial charge in [-0.25, -0.2) is 4.39 Å². The van der Waals surface area contributed by atoms with Gasteiger partial charge in [0, 0.05) is 43.6 Å². The Morgan fingerprint density at radius 2 is 1.53 bits per heavy atom. The minimum atomic E-state index is -0.484. The minimum absolute atomic E-state index is 0.00765. The molecule has 2 aliphatic heterocycles. The van der Waals surface area contributed by atoms with Crippen molar-refractivity contribution < 1.29 is 18.7 Å². The van der Waals surface area contributed by atoms with Crippen LogP contribution in [0.15, 0.2) is 48.5 Å². The molecule has 5 nitrogen and oxygen atoms in total. The Hall–Kier alpha value is -2.89. The molecule has 2 aromatic rings. The molecule has 0 spiro atoms. The summed E-state index contributed by atoms with van der Waals surface area (Å²) >= 11 is 0. The van der Waals surface area contributed by atoms with Crippen molar-refractivity contribution in [3.05, 3.63) is 65.5 Å². The Balaban J connectivity index is 1.52. The van der Waals surface area contributed by atoms with Crippen molar-refractivity contribution in [3.8, 4) is 5.75 Å². The van der Waals surface area contributed by atoms with Gasteiger partial charge in [-0.1, -0.05) is 32.9 Å². The number of halogens is 1. The highest BCUT2D eigenvalue weighted by Gasteiger charge is 2.41. The molecule has 0 aromatic heterocycles. The van der Waals surface area contributed by atoms with Crippen molar-refractivity contribution in [2.45, 2.75) is 64.7 Å². The molecular weight excluding hydrogens is 455 g/mol. The SMILES string of the molecule is CC(C)(C)c1ccc(C(=O)N2CCC[C@](COc3ccc(F)cc3)(CC(=O)N3CCCCC3)C2)cc1. The Bertz CT molecular complexity index is 1040. The van der Waals surface area contributed by atoms with Crippen molar-refractivity contribution in [2.24, 2.45) is 5.41 Å². The number of hydrogen-bond acceptors (Lipinski definition) is 3. The molecule has 2 fully saturated rings. The van der Waals surface area contributed by atoms with Gasteiger partial charge >= 0.3 is 0 Å². The Kier molecular flexibility index (Phi) is 8.01. The zero-order valence-electron chi connectivity index (χ0n) is 21.9. The average molecular weight is 495 g/mol. The van der Waals surface area contributed by atoms with Crippen LogP contribution in [-0.2, 0) is 10.2 Å². The highest BCUT2D eigenvalue weighted by atomic mass is 19.1. The summed E-state index contributed by atoms with van der Waals surface area (Å²) in [7, 11) is 0. The normalized spacial score (nSPS) is 20.8. The molecule has 0 unspecified atom stereocenters. The van der Waals surface area contributed by atoms with E-state index in [1.165, 1.54) is 24.1 Å². The van der Waals surface area contributed by atoms with E-state index in [1.807, 2.05) is 34.1 Å². The molecule has 0 aliphatic carbocycles. The van der Waals surface area contributed by atoms with Crippen LogP contribution in [0, 0.1) is 11.2 Å². The lowest BCUT2D eigenvalue weighted by Crippen LogP contribution is -2.51. The summed E-state index contributed by atoms with van der Waals surface area (Å²) < 4.78 is 19.5. The minimum Gasteiger partial charge on any atom is -0.493 e. The molecular formula is C30H39FN2O3. The van der Waals surface area contributed by atoms with Crippen LogP contribution in [0.5, 0.6) is 5.75 Å². The van der Waals surface area contributed by atoms with Crippen molar-refractivity contribution in [3.63, 3.8) is 0 Å². The van der Waals surface area contributed by atoms with E-state index in [0.29, 0.717) is 37.4 Å². The maximum atomic E-state index is 13.5. The first kappa shape index (κ1) is 26.2. The van der Waals surface area contributed by atoms with Gasteiger partial charge in [-0.05, 0) is 79.5 Å². The maximum Gasteiger partial charge on any atom is 0.253 e. The first-order valence-electron chi connectivity index (χ1n) is 13.2. The molecule has 6 heteroatoms. The number of benzene rings is 2. The average Bonchev–Trinajstić information content (AvgIpc) is 2.88. The predicted octanol–water partition coefficient (Wildman–Crippen LogP) is 5.83. The van der Waals surface area contributed by atoms with Crippen LogP contribution in [0.2, 0.25) is 0 Å². The van der Waals surface area contributed by atoms with Crippen LogP contribution < -0.4 is 4.74 Å². The van der Waals surface area contributed by atoms with Gasteiger partial charge in [0.1, 0.15) is 11.6 Å². The highest BCUT2D eigenvalue weighted by Crippen LogP contribution is 2.36. The number of ether oxygens (including phenoxy) is 1. The van der Waals surface area contributed by atoms with Gasteiger partial charge in [0.05, 0.1) is 6.61 Å². The van der Waals surface area contributed by atoms with Crippen LogP contribution in [-0.4, -0.2) is 54.4 Å². The first-order valence-corrected chi connectivity index (χ1v) is 13.2. The molecule has 36 heavy (non-hydrogen) atoms. The fourth-order valence-corrected chi connectivity index (χ4v) is 5.33. The molecule has 2 aliphatic rings. The van der Waals surface area contributed by atoms with Crippen LogP contribution >= 0.6 is 0 Å². The van der Waals surface area contributed by atoms with Crippen molar-refractivity contribution in [2.75, 3.05) is 32.8 Å². The summed E-state index contributed by atoms with van der Waals surface area (Å²) in [6, 6.07) is 13.8. The van der Waals surface area contributed by atoms with E-state index < -0.39 is 5.41 Å². The number of carbonyl (C=O) groups is 2. The van der Waals surface area contributed by atoms with Gasteiger partial charge in [-0.3, -0.25) is 9.59 Å². The molecule has 4 rings (SSSR count). The van der Waals surface area contributed by atoms with E-state index >= 15 is 0 Å². The van der Waals surface area contributed by atoms with Gasteiger partial charge in [0.15, 0.2) is 0 Å². The van der Waals surface area contributed by atoms with Gasteiger partial charge < -0.3 is 14.5 Å². The van der Waals surface area contributed by atoms with Crippen LogP contribution in [0.25, 0.3) is 0 Å². The summed E-state index contributed by atoms with van der Waals surface area (Å²) in [4.78, 5) is 30.7. The van der Waals surface area contributed by atoms with Crippen LogP contribution in [0.1, 0.15) is 75.2 Å². The first-order chi connectivity index (χ1) is 17.2. The monoisotopic (exact) mass is 494 g/mol. The van der Waals surface area contributed by atoms with Gasteiger partial charge in [-0.15, -0.1) is 0 Å². The largest absolute Gasteiger partial charge is 0.493 e. The molecule has 2 amide bonds. The fraction of sp³-hybridized carbons (Fsp3) is 0.533. The number of carbonyl (C=O) groups excluding carboxylic acids is 2. The summed E-state index contributed by atoms with van der Waals surface area (Å²) in [5.41, 5.74) is 1.39. The lowest BCUT2D eigenvalue weighted by atomic mass is 9.77. The quantitative estimate of drug-likeness (QED) is 0.508. The third-order valence-corrected chi connectivity index (χ3v) is 7.54. The topological polar surface area (TPSA) is 49.9 Å². The number of amides is 2. The van der Waals surface area contributed by atoms with Gasteiger partial charge in [0.2, 0.25) is 5.91 Å². The zero-order chi connectivity index (χ0) is 25.8. The number of likely N-dealkylation sites (tertiary alicyclic amines) is 2. The molecule has 2 saturated heterocycles. The van der Waals surface area contributed by atoms with E-state index in [2.05, 4.69) is 20.8 Å². The zero-order valence-corrected chi connectivity index (χ0v) is 21.9. The fourth-order valence-electron chi connectivity index (χ4n) is 5.33. The summed E-state index contributed by atoms with van der Waals surface area (Å²) in [5.74, 6) is 0.389. The van der Waals surface area contributed by atoms with E-state index in [4.69, 9.17) is 4.74 Å². The van der Waals surface area contributed by atoms with E-state index in [1.54, 1.807) is 12.1 Å². The molecule has 2 heterocycles. The molecule has 1 atom stereocenters. The number of rotatable bonds is 6. The standard InChI is InChI=1S/C30H39FN2O3/c1-29(2,3)24-10-8-23(9-11-24)28(35)33-19-7-16-30(21-33,20-27(34)32-17-5-4-6-18-32)22-36-26-14-12-25(31)13-15-26/h8-15H,4-7,16-22H2,1-3H3/t30-/m0/s1. The van der Waals surface area contributed by atoms with Crippen molar-refractivity contribution in [1.29, 1.82) is 0 Å². The summed E-state index contributed by atoms with van der Waals surface area (Å²) in [6.07, 6.45) is 5.21. The van der Waals surface area contributed by atoms with Crippen molar-refractivity contribution >= 4 is 11.8 Å². The summed E-state index contributed by atoms with van der Waals surface area (Å²) in [6.45, 7) is 9.51. The number of nitrogens with zero attached hydrogens (tertiary/aromatic N) is 2. The van der Waals surface area contributed by atoms with Crippen LogP contribution in [0.3, 0.4) is 0 Å². The van der Waals surface area contributed by atoms with E-state index in [-0.39, 0.29) is 23.0 Å². The van der Waals surface area contributed by atoms with E-state index in [9.17, 15) is 14.0 Å². The second-order valence-electron chi connectivity index (χ2n) is 11.5. The number of hydrogen-bond donors (Lipinski definition) is 0. The molecule has 194 valence electrons. The maximum absolute atomic E-state index is 13.5. The highest BCUT2D eigenvalue weighted by molar-refractivity contribution is 5.94. The molecule has 0 N–H and O–H groups in total. The Labute approximate surface area is 214 Å². The smallest absolute Gasteiger partial charge is 0.253 e. The molecule has 0 radical (unpaired) electrons. The molecule has 0 saturated carbocycles. The van der Waals surface area contributed by atoms with E-state index in [0.717, 1.165) is 38.8 Å². The molecule has 2 aromatic carbocycles. The van der Waals surface area contributed by atoms with Gasteiger partial charge in [0.25, 0.3) is 5.91 Å². The summed E-state index contributed by atoms with van der Waals surface area (Å²) in [5, 5.41) is 0. The lowest BCUT2D eigenvalue weighted by molar-refractivity contribution is -0.136.